The summed E-state index contributed by atoms with van der Waals surface area (Å²) in [6, 6.07) is 7.02. The number of allylic oxidation sites excluding steroid dienone is 1. The third kappa shape index (κ3) is 5.56. The molecule has 0 aliphatic rings. The molecule has 0 bridgehead atoms. The van der Waals surface area contributed by atoms with Crippen molar-refractivity contribution in [1.29, 1.82) is 0 Å². The van der Waals surface area contributed by atoms with Gasteiger partial charge in [-0.05, 0) is 24.1 Å². The summed E-state index contributed by atoms with van der Waals surface area (Å²) in [7, 11) is 1.75. The van der Waals surface area contributed by atoms with Crippen molar-refractivity contribution in [2.45, 2.75) is 19.4 Å². The van der Waals surface area contributed by atoms with Crippen molar-refractivity contribution in [2.75, 3.05) is 13.7 Å². The minimum absolute atomic E-state index is 0.0658. The monoisotopic (exact) mass is 277 g/mol. The molecule has 20 heavy (non-hydrogen) atoms. The highest BCUT2D eigenvalue weighted by atomic mass is 16.5. The van der Waals surface area contributed by atoms with Gasteiger partial charge in [-0.25, -0.2) is 4.79 Å². The van der Waals surface area contributed by atoms with Crippen LogP contribution in [0.4, 0.5) is 0 Å². The maximum Gasteiger partial charge on any atom is 0.341 e. The highest BCUT2D eigenvalue weighted by Crippen LogP contribution is 2.13. The Balaban J connectivity index is 2.50. The molecule has 1 amide bonds. The molecule has 0 atom stereocenters. The summed E-state index contributed by atoms with van der Waals surface area (Å²) in [5, 5.41) is 8.50. The molecule has 1 rings (SSSR count). The molecule has 0 aromatic heterocycles. The van der Waals surface area contributed by atoms with Crippen LogP contribution < -0.4 is 4.74 Å². The maximum atomic E-state index is 11.7. The number of carboxylic acid groups (broad SMARTS) is 1. The summed E-state index contributed by atoms with van der Waals surface area (Å²) in [5.74, 6) is -0.450. The van der Waals surface area contributed by atoms with E-state index in [2.05, 4.69) is 6.58 Å². The number of hydrogen-bond donors (Lipinski definition) is 1. The van der Waals surface area contributed by atoms with Gasteiger partial charge in [-0.1, -0.05) is 18.2 Å². The van der Waals surface area contributed by atoms with E-state index >= 15 is 0 Å². The van der Waals surface area contributed by atoms with Gasteiger partial charge in [0.2, 0.25) is 5.91 Å². The number of carbonyl (C=O) groups is 2. The second-order valence-corrected chi connectivity index (χ2v) is 4.40. The van der Waals surface area contributed by atoms with Gasteiger partial charge in [-0.2, -0.15) is 0 Å². The normalized spacial score (nSPS) is 9.85. The fourth-order valence-electron chi connectivity index (χ4n) is 1.61. The number of carbonyl (C=O) groups excluding carboxylic acids is 1. The zero-order valence-corrected chi connectivity index (χ0v) is 11.5. The number of benzene rings is 1. The molecule has 5 heteroatoms. The van der Waals surface area contributed by atoms with E-state index in [1.807, 2.05) is 12.1 Å². The van der Waals surface area contributed by atoms with Gasteiger partial charge in [0.25, 0.3) is 0 Å². The van der Waals surface area contributed by atoms with E-state index in [-0.39, 0.29) is 12.5 Å². The van der Waals surface area contributed by atoms with Crippen LogP contribution in [0.25, 0.3) is 0 Å². The number of nitrogens with zero attached hydrogens (tertiary/aromatic N) is 1. The van der Waals surface area contributed by atoms with Gasteiger partial charge in [0.1, 0.15) is 5.75 Å². The zero-order chi connectivity index (χ0) is 15.0. The van der Waals surface area contributed by atoms with Crippen molar-refractivity contribution in [3.8, 4) is 5.75 Å². The molecule has 1 aromatic rings. The molecule has 0 heterocycles. The number of amides is 1. The largest absolute Gasteiger partial charge is 0.482 e. The number of aliphatic carboxylic acids is 1. The van der Waals surface area contributed by atoms with E-state index < -0.39 is 5.97 Å². The van der Waals surface area contributed by atoms with E-state index in [0.29, 0.717) is 25.1 Å². The van der Waals surface area contributed by atoms with Crippen LogP contribution in [0.1, 0.15) is 18.4 Å². The third-order valence-electron chi connectivity index (χ3n) is 2.69. The van der Waals surface area contributed by atoms with Crippen molar-refractivity contribution in [3.63, 3.8) is 0 Å². The summed E-state index contributed by atoms with van der Waals surface area (Å²) >= 11 is 0. The van der Waals surface area contributed by atoms with Crippen LogP contribution in [-0.2, 0) is 16.1 Å². The molecule has 0 spiro atoms. The van der Waals surface area contributed by atoms with Crippen molar-refractivity contribution >= 4 is 11.9 Å². The molecule has 0 aliphatic carbocycles. The number of carboxylic acids is 1. The highest BCUT2D eigenvalue weighted by molar-refractivity contribution is 5.76. The predicted molar refractivity (Wildman–Crippen MR) is 75.5 cm³/mol. The second-order valence-electron chi connectivity index (χ2n) is 4.40. The van der Waals surface area contributed by atoms with Crippen molar-refractivity contribution in [1.82, 2.24) is 4.90 Å². The van der Waals surface area contributed by atoms with Crippen LogP contribution in [0.3, 0.4) is 0 Å². The average Bonchev–Trinajstić information content (AvgIpc) is 2.43. The van der Waals surface area contributed by atoms with Crippen LogP contribution in [0.5, 0.6) is 5.75 Å². The fraction of sp³-hybridized carbons (Fsp3) is 0.333. The first-order chi connectivity index (χ1) is 9.52. The van der Waals surface area contributed by atoms with Gasteiger partial charge in [0.15, 0.2) is 6.61 Å². The zero-order valence-electron chi connectivity index (χ0n) is 11.5. The summed E-state index contributed by atoms with van der Waals surface area (Å²) in [6.45, 7) is 3.74. The van der Waals surface area contributed by atoms with E-state index in [1.165, 1.54) is 0 Å². The lowest BCUT2D eigenvalue weighted by molar-refractivity contribution is -0.139. The van der Waals surface area contributed by atoms with Crippen LogP contribution in [0, 0.1) is 0 Å². The topological polar surface area (TPSA) is 66.8 Å². The number of ether oxygens (including phenoxy) is 1. The van der Waals surface area contributed by atoms with Gasteiger partial charge in [-0.3, -0.25) is 4.79 Å². The first-order valence-corrected chi connectivity index (χ1v) is 6.31. The first kappa shape index (κ1) is 15.8. The lowest BCUT2D eigenvalue weighted by atomic mass is 10.2. The lowest BCUT2D eigenvalue weighted by Crippen LogP contribution is -2.25. The molecule has 5 nitrogen and oxygen atoms in total. The summed E-state index contributed by atoms with van der Waals surface area (Å²) in [6.07, 6.45) is 2.85. The summed E-state index contributed by atoms with van der Waals surface area (Å²) in [5.41, 5.74) is 0.960. The van der Waals surface area contributed by atoms with Gasteiger partial charge in [0, 0.05) is 20.0 Å². The molecular formula is C15H19NO4. The van der Waals surface area contributed by atoms with Crippen LogP contribution in [0.15, 0.2) is 36.9 Å². The minimum atomic E-state index is -1.01. The smallest absolute Gasteiger partial charge is 0.341 e. The Labute approximate surface area is 118 Å². The molecular weight excluding hydrogens is 258 g/mol. The second kappa shape index (κ2) is 7.99. The van der Waals surface area contributed by atoms with E-state index in [0.717, 1.165) is 5.56 Å². The molecule has 0 radical (unpaired) electrons. The molecule has 0 fully saturated rings. The van der Waals surface area contributed by atoms with E-state index in [1.54, 1.807) is 30.2 Å². The SMILES string of the molecule is C=CCCC(=O)N(C)Cc1ccc(OCC(=O)O)cc1. The van der Waals surface area contributed by atoms with Crippen molar-refractivity contribution in [3.05, 3.63) is 42.5 Å². The standard InChI is InChI=1S/C15H19NO4/c1-3-4-5-14(17)16(2)10-12-6-8-13(9-7-12)20-11-15(18)19/h3,6-9H,1,4-5,10-11H2,2H3,(H,18,19). The number of rotatable bonds is 8. The molecule has 0 aliphatic heterocycles. The van der Waals surface area contributed by atoms with Gasteiger partial charge < -0.3 is 14.7 Å². The van der Waals surface area contributed by atoms with Crippen LogP contribution >= 0.6 is 0 Å². The Hall–Kier alpha value is -2.30. The Morgan fingerprint density at radius 3 is 2.55 bits per heavy atom. The van der Waals surface area contributed by atoms with Gasteiger partial charge in [0.05, 0.1) is 0 Å². The van der Waals surface area contributed by atoms with Crippen LogP contribution in [0.2, 0.25) is 0 Å². The fourth-order valence-corrected chi connectivity index (χ4v) is 1.61. The lowest BCUT2D eigenvalue weighted by Gasteiger charge is -2.17. The summed E-state index contributed by atoms with van der Waals surface area (Å²) in [4.78, 5) is 23.8. The molecule has 0 unspecified atom stereocenters. The molecule has 1 aromatic carbocycles. The average molecular weight is 277 g/mol. The maximum absolute atomic E-state index is 11.7. The Bertz CT molecular complexity index is 467. The summed E-state index contributed by atoms with van der Waals surface area (Å²) < 4.78 is 5.04. The Morgan fingerprint density at radius 2 is 2.00 bits per heavy atom. The molecule has 0 saturated carbocycles. The van der Waals surface area contributed by atoms with Crippen LogP contribution in [-0.4, -0.2) is 35.5 Å². The van der Waals surface area contributed by atoms with E-state index in [4.69, 9.17) is 9.84 Å². The quantitative estimate of drug-likeness (QED) is 0.739. The van der Waals surface area contributed by atoms with Crippen molar-refractivity contribution < 1.29 is 19.4 Å². The predicted octanol–water partition coefficient (Wildman–Crippen LogP) is 2.07. The molecule has 1 N–H and O–H groups in total. The first-order valence-electron chi connectivity index (χ1n) is 6.31. The van der Waals surface area contributed by atoms with Gasteiger partial charge >= 0.3 is 5.97 Å². The minimum Gasteiger partial charge on any atom is -0.482 e. The Kier molecular flexibility index (Phi) is 6.29. The molecule has 108 valence electrons. The van der Waals surface area contributed by atoms with E-state index in [9.17, 15) is 9.59 Å². The Morgan fingerprint density at radius 1 is 1.35 bits per heavy atom. The van der Waals surface area contributed by atoms with Crippen molar-refractivity contribution in [2.24, 2.45) is 0 Å². The molecule has 0 saturated heterocycles. The van der Waals surface area contributed by atoms with Gasteiger partial charge in [-0.15, -0.1) is 6.58 Å². The highest BCUT2D eigenvalue weighted by Gasteiger charge is 2.08. The number of hydrogen-bond acceptors (Lipinski definition) is 3. The third-order valence-corrected chi connectivity index (χ3v) is 2.69.